The Kier molecular flexibility index (Phi) is 5.23. The van der Waals surface area contributed by atoms with E-state index in [1.165, 1.54) is 25.3 Å². The van der Waals surface area contributed by atoms with Crippen LogP contribution in [0.15, 0.2) is 29.8 Å². The summed E-state index contributed by atoms with van der Waals surface area (Å²) >= 11 is 0. The quantitative estimate of drug-likeness (QED) is 0.352. The molecule has 0 saturated heterocycles. The smallest absolute Gasteiger partial charge is 0.333 e. The Labute approximate surface area is 115 Å². The predicted octanol–water partition coefficient (Wildman–Crippen LogP) is 1.96. The molecule has 0 aliphatic carbocycles. The molecule has 0 amide bonds. The van der Waals surface area contributed by atoms with Crippen LogP contribution in [0.25, 0.3) is 0 Å². The fourth-order valence-corrected chi connectivity index (χ4v) is 1.35. The summed E-state index contributed by atoms with van der Waals surface area (Å²) < 4.78 is 9.73. The second-order valence-electron chi connectivity index (χ2n) is 3.74. The number of methoxy groups -OCH3 is 1. The highest BCUT2D eigenvalue weighted by Crippen LogP contribution is 2.27. The minimum atomic E-state index is -0.632. The number of carbonyl (C=O) groups excluding carboxylic acids is 1. The molecule has 1 aromatic rings. The molecule has 20 heavy (non-hydrogen) atoms. The van der Waals surface area contributed by atoms with Gasteiger partial charge < -0.3 is 9.47 Å². The zero-order valence-electron chi connectivity index (χ0n) is 11.0. The minimum absolute atomic E-state index is 0.0202. The Bertz CT molecular complexity index is 601. The van der Waals surface area contributed by atoms with Crippen LogP contribution in [0.4, 0.5) is 5.69 Å². The van der Waals surface area contributed by atoms with Gasteiger partial charge in [-0.25, -0.2) is 4.79 Å². The van der Waals surface area contributed by atoms with Gasteiger partial charge in [0.2, 0.25) is 0 Å². The fourth-order valence-electron chi connectivity index (χ4n) is 1.35. The van der Waals surface area contributed by atoms with E-state index in [-0.39, 0.29) is 23.6 Å². The number of benzene rings is 1. The van der Waals surface area contributed by atoms with Crippen molar-refractivity contribution in [3.05, 3.63) is 45.5 Å². The molecule has 0 atom stereocenters. The van der Waals surface area contributed by atoms with Gasteiger partial charge in [0.05, 0.1) is 23.7 Å². The first kappa shape index (κ1) is 15.2. The summed E-state index contributed by atoms with van der Waals surface area (Å²) in [6, 6.07) is 5.71. The van der Waals surface area contributed by atoms with Crippen LogP contribution >= 0.6 is 0 Å². The minimum Gasteiger partial charge on any atom is -0.483 e. The Balaban J connectivity index is 2.86. The molecule has 7 nitrogen and oxygen atoms in total. The molecule has 7 heteroatoms. The molecule has 1 aromatic carbocycles. The molecule has 0 radical (unpaired) electrons. The molecule has 0 aliphatic heterocycles. The van der Waals surface area contributed by atoms with Crippen molar-refractivity contribution < 1.29 is 19.2 Å². The normalized spacial score (nSPS) is 10.6. The lowest BCUT2D eigenvalue weighted by Gasteiger charge is -2.05. The third kappa shape index (κ3) is 3.81. The SMILES string of the molecule is COC(=O)C(C)=CCOc1ccc(C#N)cc1[N+](=O)[O-]. The Hall–Kier alpha value is -2.88. The lowest BCUT2D eigenvalue weighted by molar-refractivity contribution is -0.385. The van der Waals surface area contributed by atoms with Crippen molar-refractivity contribution in [2.24, 2.45) is 0 Å². The van der Waals surface area contributed by atoms with E-state index in [9.17, 15) is 14.9 Å². The lowest BCUT2D eigenvalue weighted by Crippen LogP contribution is -2.04. The van der Waals surface area contributed by atoms with Crippen molar-refractivity contribution in [1.29, 1.82) is 5.26 Å². The number of nitrogens with zero attached hydrogens (tertiary/aromatic N) is 2. The van der Waals surface area contributed by atoms with Crippen molar-refractivity contribution in [3.8, 4) is 11.8 Å². The van der Waals surface area contributed by atoms with Gasteiger partial charge in [0, 0.05) is 11.6 Å². The molecular weight excluding hydrogens is 264 g/mol. The van der Waals surface area contributed by atoms with Crippen molar-refractivity contribution in [2.75, 3.05) is 13.7 Å². The van der Waals surface area contributed by atoms with Crippen LogP contribution in [0.2, 0.25) is 0 Å². The number of hydrogen-bond donors (Lipinski definition) is 0. The zero-order chi connectivity index (χ0) is 15.1. The number of hydrogen-bond acceptors (Lipinski definition) is 6. The maximum atomic E-state index is 11.1. The lowest BCUT2D eigenvalue weighted by atomic mass is 10.2. The molecule has 0 unspecified atom stereocenters. The Morgan fingerprint density at radius 2 is 2.25 bits per heavy atom. The predicted molar refractivity (Wildman–Crippen MR) is 69.1 cm³/mol. The van der Waals surface area contributed by atoms with Gasteiger partial charge in [-0.05, 0) is 25.1 Å². The van der Waals surface area contributed by atoms with E-state index < -0.39 is 10.9 Å². The first-order valence-corrected chi connectivity index (χ1v) is 5.56. The highest BCUT2D eigenvalue weighted by Gasteiger charge is 2.15. The van der Waals surface area contributed by atoms with E-state index in [4.69, 9.17) is 10.00 Å². The molecule has 0 N–H and O–H groups in total. The van der Waals surface area contributed by atoms with E-state index in [1.807, 2.05) is 6.07 Å². The van der Waals surface area contributed by atoms with Crippen LogP contribution < -0.4 is 4.74 Å². The first-order valence-electron chi connectivity index (χ1n) is 5.56. The van der Waals surface area contributed by atoms with Crippen molar-refractivity contribution in [1.82, 2.24) is 0 Å². The van der Waals surface area contributed by atoms with E-state index in [2.05, 4.69) is 4.74 Å². The number of rotatable bonds is 5. The number of ether oxygens (including phenoxy) is 2. The molecule has 104 valence electrons. The summed E-state index contributed by atoms with van der Waals surface area (Å²) in [5.74, 6) is -0.467. The molecule has 0 fully saturated rings. The van der Waals surface area contributed by atoms with Crippen molar-refractivity contribution >= 4 is 11.7 Å². The molecular formula is C13H12N2O5. The number of nitro groups is 1. The number of nitriles is 1. The maximum Gasteiger partial charge on any atom is 0.333 e. The Morgan fingerprint density at radius 3 is 2.80 bits per heavy atom. The molecule has 0 saturated carbocycles. The van der Waals surface area contributed by atoms with Crippen LogP contribution in [0, 0.1) is 21.4 Å². The summed E-state index contributed by atoms with van der Waals surface area (Å²) in [5.41, 5.74) is 0.210. The van der Waals surface area contributed by atoms with Gasteiger partial charge in [-0.15, -0.1) is 0 Å². The molecule has 0 bridgehead atoms. The van der Waals surface area contributed by atoms with E-state index in [0.29, 0.717) is 5.57 Å². The first-order chi connectivity index (χ1) is 9.49. The topological polar surface area (TPSA) is 102 Å². The van der Waals surface area contributed by atoms with Gasteiger partial charge in [0.1, 0.15) is 6.61 Å². The van der Waals surface area contributed by atoms with Crippen LogP contribution in [0.5, 0.6) is 5.75 Å². The summed E-state index contributed by atoms with van der Waals surface area (Å²) in [6.07, 6.45) is 1.45. The van der Waals surface area contributed by atoms with E-state index in [1.54, 1.807) is 6.92 Å². The average Bonchev–Trinajstić information content (AvgIpc) is 2.46. The van der Waals surface area contributed by atoms with Crippen LogP contribution in [0.1, 0.15) is 12.5 Å². The second kappa shape index (κ2) is 6.89. The number of carbonyl (C=O) groups is 1. The van der Waals surface area contributed by atoms with E-state index >= 15 is 0 Å². The van der Waals surface area contributed by atoms with E-state index in [0.717, 1.165) is 6.07 Å². The second-order valence-corrected chi connectivity index (χ2v) is 3.74. The number of esters is 1. The van der Waals surface area contributed by atoms with Crippen LogP contribution in [0.3, 0.4) is 0 Å². The fraction of sp³-hybridized carbons (Fsp3) is 0.231. The summed E-state index contributed by atoms with van der Waals surface area (Å²) in [5, 5.41) is 19.6. The molecule has 0 spiro atoms. The van der Waals surface area contributed by atoms with Crippen molar-refractivity contribution in [2.45, 2.75) is 6.92 Å². The highest BCUT2D eigenvalue weighted by atomic mass is 16.6. The summed E-state index contributed by atoms with van der Waals surface area (Å²) in [6.45, 7) is 1.52. The molecule has 0 aliphatic rings. The molecule has 0 aromatic heterocycles. The molecule has 0 heterocycles. The molecule has 1 rings (SSSR count). The van der Waals surface area contributed by atoms with Gasteiger partial charge >= 0.3 is 11.7 Å². The number of nitro benzene ring substituents is 1. The van der Waals surface area contributed by atoms with Gasteiger partial charge in [-0.2, -0.15) is 5.26 Å². The average molecular weight is 276 g/mol. The summed E-state index contributed by atoms with van der Waals surface area (Å²) in [7, 11) is 1.26. The van der Waals surface area contributed by atoms with Gasteiger partial charge in [0.25, 0.3) is 0 Å². The zero-order valence-corrected chi connectivity index (χ0v) is 11.0. The third-order valence-corrected chi connectivity index (χ3v) is 2.42. The van der Waals surface area contributed by atoms with Gasteiger partial charge in [-0.1, -0.05) is 0 Å². The van der Waals surface area contributed by atoms with Crippen LogP contribution in [-0.2, 0) is 9.53 Å². The third-order valence-electron chi connectivity index (χ3n) is 2.42. The maximum absolute atomic E-state index is 11.1. The standard InChI is InChI=1S/C13H12N2O5/c1-9(13(16)19-2)5-6-20-12-4-3-10(8-14)7-11(12)15(17)18/h3-5,7H,6H2,1-2H3. The van der Waals surface area contributed by atoms with Crippen molar-refractivity contribution in [3.63, 3.8) is 0 Å². The Morgan fingerprint density at radius 1 is 1.55 bits per heavy atom. The van der Waals surface area contributed by atoms with Gasteiger partial charge in [0.15, 0.2) is 5.75 Å². The van der Waals surface area contributed by atoms with Gasteiger partial charge in [-0.3, -0.25) is 10.1 Å². The monoisotopic (exact) mass is 276 g/mol. The highest BCUT2D eigenvalue weighted by molar-refractivity contribution is 5.87. The largest absolute Gasteiger partial charge is 0.483 e. The summed E-state index contributed by atoms with van der Waals surface area (Å²) in [4.78, 5) is 21.4. The van der Waals surface area contributed by atoms with Crippen LogP contribution in [-0.4, -0.2) is 24.6 Å².